The second-order valence-corrected chi connectivity index (χ2v) is 4.28. The summed E-state index contributed by atoms with van der Waals surface area (Å²) < 4.78 is 4.66. The number of hydrogen-bond donors (Lipinski definition) is 1. The lowest BCUT2D eigenvalue weighted by Gasteiger charge is -2.02. The van der Waals surface area contributed by atoms with Crippen molar-refractivity contribution in [3.63, 3.8) is 0 Å². The minimum atomic E-state index is -0.341. The SMILES string of the molecule is CC(=O)OCC(C)C.CC(O)c1ccccc1. The lowest BCUT2D eigenvalue weighted by atomic mass is 10.1. The molecule has 0 aliphatic heterocycles. The second kappa shape index (κ2) is 8.76. The molecule has 0 fully saturated rings. The number of rotatable bonds is 3. The van der Waals surface area contributed by atoms with Gasteiger partial charge in [0, 0.05) is 6.92 Å². The summed E-state index contributed by atoms with van der Waals surface area (Å²) in [4.78, 5) is 10.1. The predicted molar refractivity (Wildman–Crippen MR) is 68.5 cm³/mol. The number of carbonyl (C=O) groups is 1. The molecule has 1 rings (SSSR count). The number of esters is 1. The first kappa shape index (κ1) is 15.7. The molecule has 1 unspecified atom stereocenters. The lowest BCUT2D eigenvalue weighted by Crippen LogP contribution is -2.05. The molecule has 1 aromatic rings. The Labute approximate surface area is 103 Å². The molecule has 0 heterocycles. The molecular weight excluding hydrogens is 216 g/mol. The van der Waals surface area contributed by atoms with E-state index in [0.717, 1.165) is 5.56 Å². The van der Waals surface area contributed by atoms with Crippen LogP contribution < -0.4 is 0 Å². The van der Waals surface area contributed by atoms with E-state index < -0.39 is 0 Å². The monoisotopic (exact) mass is 238 g/mol. The first-order chi connectivity index (χ1) is 7.93. The number of aliphatic hydroxyl groups excluding tert-OH is 1. The average molecular weight is 238 g/mol. The maximum atomic E-state index is 10.1. The van der Waals surface area contributed by atoms with Crippen molar-refractivity contribution in [3.05, 3.63) is 35.9 Å². The van der Waals surface area contributed by atoms with Gasteiger partial charge in [-0.05, 0) is 18.4 Å². The summed E-state index contributed by atoms with van der Waals surface area (Å²) in [5.74, 6) is 0.248. The Kier molecular flexibility index (Phi) is 8.07. The van der Waals surface area contributed by atoms with E-state index >= 15 is 0 Å². The van der Waals surface area contributed by atoms with Crippen LogP contribution in [0.4, 0.5) is 0 Å². The van der Waals surface area contributed by atoms with Crippen LogP contribution in [0, 0.1) is 5.92 Å². The van der Waals surface area contributed by atoms with Crippen molar-refractivity contribution in [1.82, 2.24) is 0 Å². The number of ether oxygens (including phenoxy) is 1. The van der Waals surface area contributed by atoms with Gasteiger partial charge in [-0.25, -0.2) is 0 Å². The predicted octanol–water partition coefficient (Wildman–Crippen LogP) is 2.95. The van der Waals surface area contributed by atoms with Gasteiger partial charge >= 0.3 is 5.97 Å². The molecule has 3 nitrogen and oxygen atoms in total. The van der Waals surface area contributed by atoms with E-state index in [1.54, 1.807) is 6.92 Å². The zero-order valence-electron chi connectivity index (χ0n) is 11.0. The van der Waals surface area contributed by atoms with Gasteiger partial charge in [0.05, 0.1) is 12.7 Å². The summed E-state index contributed by atoms with van der Waals surface area (Å²) in [6.07, 6.45) is -0.341. The minimum Gasteiger partial charge on any atom is -0.466 e. The Balaban J connectivity index is 0.000000304. The summed E-state index contributed by atoms with van der Waals surface area (Å²) in [6, 6.07) is 9.59. The molecule has 0 amide bonds. The van der Waals surface area contributed by atoms with Gasteiger partial charge in [0.1, 0.15) is 0 Å². The quantitative estimate of drug-likeness (QED) is 0.823. The molecule has 0 saturated heterocycles. The molecule has 0 spiro atoms. The minimum absolute atomic E-state index is 0.196. The fourth-order valence-corrected chi connectivity index (χ4v) is 1.02. The van der Waals surface area contributed by atoms with Crippen molar-refractivity contribution in [2.45, 2.75) is 33.8 Å². The van der Waals surface area contributed by atoms with Crippen LogP contribution in [0.15, 0.2) is 30.3 Å². The molecule has 0 radical (unpaired) electrons. The van der Waals surface area contributed by atoms with Crippen molar-refractivity contribution in [1.29, 1.82) is 0 Å². The largest absolute Gasteiger partial charge is 0.466 e. The van der Waals surface area contributed by atoms with Crippen LogP contribution in [0.5, 0.6) is 0 Å². The molecule has 1 aromatic carbocycles. The van der Waals surface area contributed by atoms with E-state index in [-0.39, 0.29) is 12.1 Å². The first-order valence-corrected chi connectivity index (χ1v) is 5.79. The molecule has 1 atom stereocenters. The third kappa shape index (κ3) is 9.57. The van der Waals surface area contributed by atoms with Crippen LogP contribution in [0.2, 0.25) is 0 Å². The van der Waals surface area contributed by atoms with Crippen LogP contribution in [0.1, 0.15) is 39.4 Å². The normalized spacial score (nSPS) is 11.4. The van der Waals surface area contributed by atoms with E-state index in [9.17, 15) is 4.79 Å². The van der Waals surface area contributed by atoms with Crippen molar-refractivity contribution in [2.24, 2.45) is 5.92 Å². The maximum absolute atomic E-state index is 10.1. The summed E-state index contributed by atoms with van der Waals surface area (Å²) >= 11 is 0. The molecular formula is C14H22O3. The van der Waals surface area contributed by atoms with Crippen LogP contribution in [-0.4, -0.2) is 17.7 Å². The van der Waals surface area contributed by atoms with Crippen molar-refractivity contribution in [2.75, 3.05) is 6.61 Å². The highest BCUT2D eigenvalue weighted by Gasteiger charge is 1.95. The molecule has 0 aliphatic carbocycles. The molecule has 0 saturated carbocycles. The first-order valence-electron chi connectivity index (χ1n) is 5.79. The standard InChI is InChI=1S/C8H10O.C6H12O2/c1-7(9)8-5-3-2-4-6-8;1-5(2)4-8-6(3)7/h2-7,9H,1H3;5H,4H2,1-3H3. The summed E-state index contributed by atoms with van der Waals surface area (Å²) in [7, 11) is 0. The number of hydrogen-bond acceptors (Lipinski definition) is 3. The van der Waals surface area contributed by atoms with Gasteiger partial charge in [-0.3, -0.25) is 4.79 Å². The molecule has 0 bridgehead atoms. The molecule has 96 valence electrons. The highest BCUT2D eigenvalue weighted by molar-refractivity contribution is 5.65. The highest BCUT2D eigenvalue weighted by Crippen LogP contribution is 2.09. The lowest BCUT2D eigenvalue weighted by molar-refractivity contribution is -0.141. The van der Waals surface area contributed by atoms with E-state index in [1.165, 1.54) is 6.92 Å². The molecule has 17 heavy (non-hydrogen) atoms. The van der Waals surface area contributed by atoms with E-state index in [4.69, 9.17) is 5.11 Å². The summed E-state index contributed by atoms with van der Waals surface area (Å²) in [5.41, 5.74) is 0.970. The molecule has 3 heteroatoms. The van der Waals surface area contributed by atoms with E-state index in [1.807, 2.05) is 44.2 Å². The topological polar surface area (TPSA) is 46.5 Å². The summed E-state index contributed by atoms with van der Waals surface area (Å²) in [5, 5.41) is 9.02. The van der Waals surface area contributed by atoms with Gasteiger partial charge in [-0.2, -0.15) is 0 Å². The van der Waals surface area contributed by atoms with Crippen molar-refractivity contribution < 1.29 is 14.6 Å². The van der Waals surface area contributed by atoms with Crippen LogP contribution >= 0.6 is 0 Å². The summed E-state index contributed by atoms with van der Waals surface area (Å²) in [6.45, 7) is 7.72. The van der Waals surface area contributed by atoms with E-state index in [2.05, 4.69) is 4.74 Å². The zero-order valence-corrected chi connectivity index (χ0v) is 11.0. The smallest absolute Gasteiger partial charge is 0.302 e. The molecule has 0 aliphatic rings. The van der Waals surface area contributed by atoms with Crippen molar-refractivity contribution in [3.8, 4) is 0 Å². The van der Waals surface area contributed by atoms with Gasteiger partial charge in [0.15, 0.2) is 0 Å². The Morgan fingerprint density at radius 2 is 1.76 bits per heavy atom. The van der Waals surface area contributed by atoms with Crippen LogP contribution in [0.25, 0.3) is 0 Å². The fourth-order valence-electron chi connectivity index (χ4n) is 1.02. The second-order valence-electron chi connectivity index (χ2n) is 4.28. The van der Waals surface area contributed by atoms with Gasteiger partial charge in [0.2, 0.25) is 0 Å². The third-order valence-corrected chi connectivity index (χ3v) is 1.90. The van der Waals surface area contributed by atoms with Crippen molar-refractivity contribution >= 4 is 5.97 Å². The van der Waals surface area contributed by atoms with Gasteiger partial charge < -0.3 is 9.84 Å². The molecule has 0 aromatic heterocycles. The fraction of sp³-hybridized carbons (Fsp3) is 0.500. The Morgan fingerprint density at radius 1 is 1.24 bits per heavy atom. The Hall–Kier alpha value is -1.35. The third-order valence-electron chi connectivity index (χ3n) is 1.90. The number of carbonyl (C=O) groups excluding carboxylic acids is 1. The Morgan fingerprint density at radius 3 is 2.00 bits per heavy atom. The van der Waals surface area contributed by atoms with E-state index in [0.29, 0.717) is 12.5 Å². The zero-order chi connectivity index (χ0) is 13.3. The number of aliphatic hydroxyl groups is 1. The van der Waals surface area contributed by atoms with Gasteiger partial charge in [-0.15, -0.1) is 0 Å². The Bertz CT molecular complexity index is 305. The van der Waals surface area contributed by atoms with Gasteiger partial charge in [-0.1, -0.05) is 44.2 Å². The maximum Gasteiger partial charge on any atom is 0.302 e. The van der Waals surface area contributed by atoms with Crippen LogP contribution in [-0.2, 0) is 9.53 Å². The average Bonchev–Trinajstić information content (AvgIpc) is 2.28. The highest BCUT2D eigenvalue weighted by atomic mass is 16.5. The van der Waals surface area contributed by atoms with Gasteiger partial charge in [0.25, 0.3) is 0 Å². The molecule has 1 N–H and O–H groups in total. The number of benzene rings is 1. The van der Waals surface area contributed by atoms with Crippen LogP contribution in [0.3, 0.4) is 0 Å².